The van der Waals surface area contributed by atoms with Crippen molar-refractivity contribution in [3.63, 3.8) is 0 Å². The fourth-order valence-corrected chi connectivity index (χ4v) is 2.00. The van der Waals surface area contributed by atoms with Gasteiger partial charge in [0.25, 0.3) is 5.91 Å². The molecule has 4 N–H and O–H groups in total. The highest BCUT2D eigenvalue weighted by molar-refractivity contribution is 6.07. The summed E-state index contributed by atoms with van der Waals surface area (Å²) in [6.45, 7) is 2.16. The molecule has 0 aliphatic carbocycles. The van der Waals surface area contributed by atoms with E-state index in [-0.39, 0.29) is 18.4 Å². The van der Waals surface area contributed by atoms with Crippen molar-refractivity contribution in [2.75, 3.05) is 29.5 Å². The number of ether oxygens (including phenoxy) is 1. The van der Waals surface area contributed by atoms with Gasteiger partial charge in [-0.2, -0.15) is 0 Å². The number of para-hydroxylation sites is 1. The minimum atomic E-state index is -0.334. The van der Waals surface area contributed by atoms with Crippen molar-refractivity contribution in [2.45, 2.75) is 6.92 Å². The minimum absolute atomic E-state index is 0.0663. The lowest BCUT2D eigenvalue weighted by Gasteiger charge is -2.10. The molecule has 0 saturated carbocycles. The second-order valence-electron chi connectivity index (χ2n) is 4.78. The number of rotatable bonds is 6. The van der Waals surface area contributed by atoms with Crippen LogP contribution in [0.3, 0.4) is 0 Å². The number of nitrogen functional groups attached to an aromatic ring is 1. The van der Waals surface area contributed by atoms with Crippen molar-refractivity contribution in [2.24, 2.45) is 0 Å². The summed E-state index contributed by atoms with van der Waals surface area (Å²) in [6, 6.07) is 13.9. The number of anilines is 3. The molecular weight excluding hydrogens is 294 g/mol. The molecule has 0 unspecified atom stereocenters. The molecule has 0 fully saturated rings. The van der Waals surface area contributed by atoms with Crippen molar-refractivity contribution in [3.05, 3.63) is 54.1 Å². The normalized spacial score (nSPS) is 9.96. The van der Waals surface area contributed by atoms with Crippen molar-refractivity contribution in [1.29, 1.82) is 0 Å². The van der Waals surface area contributed by atoms with Crippen LogP contribution in [0, 0.1) is 0 Å². The molecule has 0 aromatic heterocycles. The Morgan fingerprint density at radius 2 is 1.83 bits per heavy atom. The maximum atomic E-state index is 12.2. The van der Waals surface area contributed by atoms with Crippen LogP contribution in [0.5, 0.6) is 0 Å². The summed E-state index contributed by atoms with van der Waals surface area (Å²) in [4.78, 5) is 23.5. The van der Waals surface area contributed by atoms with E-state index in [1.54, 1.807) is 55.5 Å². The third kappa shape index (κ3) is 4.74. The van der Waals surface area contributed by atoms with Crippen molar-refractivity contribution < 1.29 is 14.3 Å². The molecule has 0 spiro atoms. The monoisotopic (exact) mass is 313 g/mol. The van der Waals surface area contributed by atoms with Gasteiger partial charge in [-0.1, -0.05) is 18.2 Å². The van der Waals surface area contributed by atoms with Gasteiger partial charge >= 0.3 is 5.97 Å². The lowest BCUT2D eigenvalue weighted by atomic mass is 10.1. The third-order valence-corrected chi connectivity index (χ3v) is 3.07. The summed E-state index contributed by atoms with van der Waals surface area (Å²) >= 11 is 0. The van der Waals surface area contributed by atoms with Gasteiger partial charge < -0.3 is 21.1 Å². The summed E-state index contributed by atoms with van der Waals surface area (Å²) in [5.41, 5.74) is 7.93. The second kappa shape index (κ2) is 7.84. The number of nitrogens with two attached hydrogens (primary N) is 1. The Morgan fingerprint density at radius 3 is 2.57 bits per heavy atom. The molecular formula is C17H19N3O3. The van der Waals surface area contributed by atoms with E-state index in [0.717, 1.165) is 0 Å². The standard InChI is InChI=1S/C17H19N3O3/c1-2-23-16(21)11-19-12-6-5-7-13(10-12)20-17(22)14-8-3-4-9-15(14)18/h3-10,19H,2,11,18H2,1H3,(H,20,22). The Bertz CT molecular complexity index is 701. The third-order valence-electron chi connectivity index (χ3n) is 3.07. The SMILES string of the molecule is CCOC(=O)CNc1cccc(NC(=O)c2ccccc2N)c1. The second-order valence-corrected chi connectivity index (χ2v) is 4.78. The Morgan fingerprint density at radius 1 is 1.09 bits per heavy atom. The molecule has 1 amide bonds. The summed E-state index contributed by atoms with van der Waals surface area (Å²) in [7, 11) is 0. The highest BCUT2D eigenvalue weighted by atomic mass is 16.5. The first kappa shape index (κ1) is 16.4. The van der Waals surface area contributed by atoms with Crippen LogP contribution in [0.25, 0.3) is 0 Å². The molecule has 0 aliphatic rings. The van der Waals surface area contributed by atoms with E-state index in [2.05, 4.69) is 10.6 Å². The number of hydrogen-bond donors (Lipinski definition) is 3. The molecule has 0 aliphatic heterocycles. The highest BCUT2D eigenvalue weighted by Crippen LogP contribution is 2.17. The Kier molecular flexibility index (Phi) is 5.57. The number of esters is 1. The van der Waals surface area contributed by atoms with E-state index >= 15 is 0 Å². The van der Waals surface area contributed by atoms with Crippen LogP contribution in [0.4, 0.5) is 17.1 Å². The van der Waals surface area contributed by atoms with E-state index in [4.69, 9.17) is 10.5 Å². The number of carbonyl (C=O) groups is 2. The van der Waals surface area contributed by atoms with Gasteiger partial charge in [-0.15, -0.1) is 0 Å². The predicted octanol–water partition coefficient (Wildman–Crippen LogP) is 2.50. The first-order valence-electron chi connectivity index (χ1n) is 7.25. The first-order chi connectivity index (χ1) is 11.1. The fourth-order valence-electron chi connectivity index (χ4n) is 2.00. The molecule has 6 nitrogen and oxygen atoms in total. The Labute approximate surface area is 134 Å². The molecule has 0 atom stereocenters. The van der Waals surface area contributed by atoms with Crippen molar-refractivity contribution >= 4 is 28.9 Å². The van der Waals surface area contributed by atoms with Crippen molar-refractivity contribution in [1.82, 2.24) is 0 Å². The average molecular weight is 313 g/mol. The fraction of sp³-hybridized carbons (Fsp3) is 0.176. The van der Waals surface area contributed by atoms with Gasteiger partial charge in [-0.3, -0.25) is 9.59 Å². The molecule has 23 heavy (non-hydrogen) atoms. The van der Waals surface area contributed by atoms with Crippen LogP contribution in [0.15, 0.2) is 48.5 Å². The van der Waals surface area contributed by atoms with Crippen LogP contribution in [-0.2, 0) is 9.53 Å². The highest BCUT2D eigenvalue weighted by Gasteiger charge is 2.09. The molecule has 2 rings (SSSR count). The molecule has 6 heteroatoms. The zero-order valence-corrected chi connectivity index (χ0v) is 12.8. The lowest BCUT2D eigenvalue weighted by molar-refractivity contribution is -0.140. The minimum Gasteiger partial charge on any atom is -0.465 e. The smallest absolute Gasteiger partial charge is 0.325 e. The van der Waals surface area contributed by atoms with Crippen LogP contribution in [0.2, 0.25) is 0 Å². The number of carbonyl (C=O) groups excluding carboxylic acids is 2. The summed E-state index contributed by atoms with van der Waals surface area (Å²) in [5.74, 6) is -0.621. The molecule has 2 aromatic rings. The Balaban J connectivity index is 2.01. The molecule has 0 heterocycles. The maximum Gasteiger partial charge on any atom is 0.325 e. The van der Waals surface area contributed by atoms with Gasteiger partial charge in [0.2, 0.25) is 0 Å². The van der Waals surface area contributed by atoms with Crippen LogP contribution < -0.4 is 16.4 Å². The van der Waals surface area contributed by atoms with Gasteiger partial charge in [0, 0.05) is 17.1 Å². The number of benzene rings is 2. The number of hydrogen-bond acceptors (Lipinski definition) is 5. The molecule has 0 radical (unpaired) electrons. The largest absolute Gasteiger partial charge is 0.465 e. The van der Waals surface area contributed by atoms with Gasteiger partial charge in [0.05, 0.1) is 12.2 Å². The predicted molar refractivity (Wildman–Crippen MR) is 90.4 cm³/mol. The van der Waals surface area contributed by atoms with E-state index in [1.807, 2.05) is 0 Å². The Hall–Kier alpha value is -3.02. The van der Waals surface area contributed by atoms with E-state index < -0.39 is 0 Å². The molecule has 2 aromatic carbocycles. The van der Waals surface area contributed by atoms with Crippen molar-refractivity contribution in [3.8, 4) is 0 Å². The van der Waals surface area contributed by atoms with Crippen LogP contribution in [0.1, 0.15) is 17.3 Å². The van der Waals surface area contributed by atoms with Gasteiger partial charge in [-0.25, -0.2) is 0 Å². The quantitative estimate of drug-likeness (QED) is 0.563. The first-order valence-corrected chi connectivity index (χ1v) is 7.25. The van der Waals surface area contributed by atoms with Gasteiger partial charge in [-0.05, 0) is 37.3 Å². The number of nitrogens with one attached hydrogen (secondary N) is 2. The lowest BCUT2D eigenvalue weighted by Crippen LogP contribution is -2.17. The van der Waals surface area contributed by atoms with E-state index in [9.17, 15) is 9.59 Å². The summed E-state index contributed by atoms with van der Waals surface area (Å²) in [5, 5.41) is 5.72. The molecule has 120 valence electrons. The molecule has 0 saturated heterocycles. The molecule has 0 bridgehead atoms. The number of amides is 1. The zero-order valence-electron chi connectivity index (χ0n) is 12.8. The zero-order chi connectivity index (χ0) is 16.7. The van der Waals surface area contributed by atoms with Crippen LogP contribution >= 0.6 is 0 Å². The maximum absolute atomic E-state index is 12.2. The van der Waals surface area contributed by atoms with Crippen LogP contribution in [-0.4, -0.2) is 25.0 Å². The topological polar surface area (TPSA) is 93.5 Å². The average Bonchev–Trinajstić information content (AvgIpc) is 2.54. The van der Waals surface area contributed by atoms with Gasteiger partial charge in [0.15, 0.2) is 0 Å². The van der Waals surface area contributed by atoms with Gasteiger partial charge in [0.1, 0.15) is 6.54 Å². The van der Waals surface area contributed by atoms with E-state index in [0.29, 0.717) is 29.2 Å². The summed E-state index contributed by atoms with van der Waals surface area (Å²) < 4.78 is 4.84. The van der Waals surface area contributed by atoms with E-state index in [1.165, 1.54) is 0 Å². The summed E-state index contributed by atoms with van der Waals surface area (Å²) in [6.07, 6.45) is 0.